The van der Waals surface area contributed by atoms with E-state index in [0.717, 1.165) is 23.7 Å². The zero-order valence-corrected chi connectivity index (χ0v) is 10.9. The molecule has 1 atom stereocenters. The number of amidine groups is 1. The largest absolute Gasteiger partial charge is 0.389 e. The summed E-state index contributed by atoms with van der Waals surface area (Å²) in [5.41, 5.74) is 6.56. The van der Waals surface area contributed by atoms with Gasteiger partial charge in [0.2, 0.25) is 0 Å². The van der Waals surface area contributed by atoms with Crippen LogP contribution in [0.2, 0.25) is 0 Å². The third-order valence-electron chi connectivity index (χ3n) is 2.76. The molecule has 1 amide bonds. The number of carbonyl (C=O) groups is 1. The lowest BCUT2D eigenvalue weighted by Crippen LogP contribution is -2.40. The minimum absolute atomic E-state index is 0.169. The van der Waals surface area contributed by atoms with Crippen molar-refractivity contribution in [3.05, 3.63) is 28.9 Å². The van der Waals surface area contributed by atoms with Gasteiger partial charge < -0.3 is 20.9 Å². The normalized spacial score (nSPS) is 21.4. The van der Waals surface area contributed by atoms with Gasteiger partial charge in [-0.3, -0.25) is 10.5 Å². The molecule has 3 heterocycles. The number of anilines is 1. The molecule has 0 saturated heterocycles. The molecular weight excluding hydrogens is 264 g/mol. The number of H-pyrrole nitrogens is 1. The van der Waals surface area contributed by atoms with Gasteiger partial charge in [0.15, 0.2) is 6.29 Å². The summed E-state index contributed by atoms with van der Waals surface area (Å²) < 4.78 is 0. The second-order valence-electron chi connectivity index (χ2n) is 4.10. The second-order valence-corrected chi connectivity index (χ2v) is 5.24. The van der Waals surface area contributed by atoms with E-state index in [1.165, 1.54) is 11.8 Å². The molecule has 3 rings (SSSR count). The summed E-state index contributed by atoms with van der Waals surface area (Å²) in [5.74, 6) is 1.96. The van der Waals surface area contributed by atoms with Crippen molar-refractivity contribution in [3.8, 4) is 0 Å². The Balaban J connectivity index is 1.79. The van der Waals surface area contributed by atoms with Crippen LogP contribution in [-0.2, 0) is 4.79 Å². The Morgan fingerprint density at radius 3 is 3.26 bits per heavy atom. The zero-order valence-electron chi connectivity index (χ0n) is 10.1. The molecule has 0 aliphatic carbocycles. The Kier molecular flexibility index (Phi) is 3.18. The number of hydrogen-bond donors (Lipinski definition) is 5. The molecule has 0 unspecified atom stereocenters. The van der Waals surface area contributed by atoms with Crippen molar-refractivity contribution in [3.63, 3.8) is 0 Å². The van der Waals surface area contributed by atoms with E-state index < -0.39 is 6.29 Å². The summed E-state index contributed by atoms with van der Waals surface area (Å²) in [6.45, 7) is 0.874. The number of carbonyl (C=O) groups excluding carboxylic acids is 1. The molecule has 0 fully saturated rings. The van der Waals surface area contributed by atoms with E-state index in [4.69, 9.17) is 5.73 Å². The fourth-order valence-electron chi connectivity index (χ4n) is 1.90. The highest BCUT2D eigenvalue weighted by Crippen LogP contribution is 2.20. The van der Waals surface area contributed by atoms with Crippen LogP contribution < -0.4 is 21.7 Å². The van der Waals surface area contributed by atoms with Gasteiger partial charge in [0.25, 0.3) is 5.91 Å². The number of amides is 1. The highest BCUT2D eigenvalue weighted by molar-refractivity contribution is 8.04. The number of hydrogen-bond acceptors (Lipinski definition) is 6. The van der Waals surface area contributed by atoms with E-state index in [2.05, 4.69) is 25.9 Å². The van der Waals surface area contributed by atoms with E-state index in [1.807, 2.05) is 6.07 Å². The summed E-state index contributed by atoms with van der Waals surface area (Å²) >= 11 is 1.52. The van der Waals surface area contributed by atoms with Gasteiger partial charge in [-0.15, -0.1) is 11.8 Å². The standard InChI is InChI=1S/C11H14N6OS/c12-11-16-8-6(1-2-14-8)9(17-11)15-10(18)7-5-13-3-4-19-7/h1-2,5,11,13-14,16H,3-4,12H2,(H,15,17,18)/t11-/m0/s1. The van der Waals surface area contributed by atoms with Crippen molar-refractivity contribution in [2.75, 3.05) is 17.6 Å². The molecule has 6 N–H and O–H groups in total. The molecule has 0 aromatic carbocycles. The first-order valence-corrected chi connectivity index (χ1v) is 6.88. The van der Waals surface area contributed by atoms with Crippen molar-refractivity contribution < 1.29 is 4.79 Å². The molecule has 0 radical (unpaired) electrons. The summed E-state index contributed by atoms with van der Waals surface area (Å²) in [5, 5.41) is 8.83. The van der Waals surface area contributed by atoms with Crippen LogP contribution in [0.15, 0.2) is 28.4 Å². The molecule has 100 valence electrons. The number of aromatic amines is 1. The van der Waals surface area contributed by atoms with Gasteiger partial charge in [0.1, 0.15) is 11.7 Å². The summed E-state index contributed by atoms with van der Waals surface area (Å²) in [7, 11) is 0. The highest BCUT2D eigenvalue weighted by Gasteiger charge is 2.22. The lowest BCUT2D eigenvalue weighted by molar-refractivity contribution is -0.115. The second kappa shape index (κ2) is 4.98. The lowest BCUT2D eigenvalue weighted by Gasteiger charge is -2.21. The first-order chi connectivity index (χ1) is 9.24. The molecule has 7 nitrogen and oxygen atoms in total. The molecule has 0 bridgehead atoms. The van der Waals surface area contributed by atoms with Crippen LogP contribution >= 0.6 is 11.8 Å². The Hall–Kier alpha value is -1.93. The average Bonchev–Trinajstić information content (AvgIpc) is 2.88. The van der Waals surface area contributed by atoms with Crippen LogP contribution in [-0.4, -0.2) is 35.3 Å². The van der Waals surface area contributed by atoms with Gasteiger partial charge in [-0.25, -0.2) is 4.99 Å². The Morgan fingerprint density at radius 2 is 2.47 bits per heavy atom. The molecule has 2 aliphatic rings. The van der Waals surface area contributed by atoms with Crippen LogP contribution in [0.1, 0.15) is 5.56 Å². The van der Waals surface area contributed by atoms with Crippen molar-refractivity contribution in [1.82, 2.24) is 15.6 Å². The van der Waals surface area contributed by atoms with Crippen LogP contribution in [0.4, 0.5) is 5.82 Å². The topological polar surface area (TPSA) is 107 Å². The Bertz CT molecular complexity index is 563. The molecule has 1 aromatic rings. The van der Waals surface area contributed by atoms with Crippen molar-refractivity contribution in [2.45, 2.75) is 6.29 Å². The fourth-order valence-corrected chi connectivity index (χ4v) is 2.69. The van der Waals surface area contributed by atoms with E-state index in [0.29, 0.717) is 10.7 Å². The molecule has 0 spiro atoms. The summed E-state index contributed by atoms with van der Waals surface area (Å²) in [6, 6.07) is 1.84. The maximum Gasteiger partial charge on any atom is 0.264 e. The van der Waals surface area contributed by atoms with Gasteiger partial charge >= 0.3 is 0 Å². The van der Waals surface area contributed by atoms with Gasteiger partial charge in [-0.05, 0) is 6.07 Å². The fraction of sp³-hybridized carbons (Fsp3) is 0.273. The molecule has 19 heavy (non-hydrogen) atoms. The molecule has 8 heteroatoms. The highest BCUT2D eigenvalue weighted by atomic mass is 32.2. The number of nitrogens with zero attached hydrogens (tertiary/aromatic N) is 1. The number of aromatic nitrogens is 1. The number of rotatable bonds is 1. The predicted octanol–water partition coefficient (Wildman–Crippen LogP) is -0.277. The number of aliphatic imine (C=N–C) groups is 1. The van der Waals surface area contributed by atoms with Crippen LogP contribution in [0, 0.1) is 0 Å². The molecule has 2 aliphatic heterocycles. The zero-order chi connectivity index (χ0) is 13.2. The van der Waals surface area contributed by atoms with Crippen LogP contribution in [0.25, 0.3) is 0 Å². The quantitative estimate of drug-likeness (QED) is 0.486. The molecule has 1 aromatic heterocycles. The van der Waals surface area contributed by atoms with Gasteiger partial charge in [-0.2, -0.15) is 0 Å². The molecular formula is C11H14N6OS. The predicted molar refractivity (Wildman–Crippen MR) is 75.6 cm³/mol. The maximum atomic E-state index is 12.1. The lowest BCUT2D eigenvalue weighted by atomic mass is 10.2. The summed E-state index contributed by atoms with van der Waals surface area (Å²) in [6.07, 6.45) is 2.93. The SMILES string of the molecule is N[C@@H]1N=C(NC(=O)C2=CNCCS2)c2cc[nH]c2N1. The van der Waals surface area contributed by atoms with E-state index in [1.54, 1.807) is 12.4 Å². The third kappa shape index (κ3) is 2.45. The minimum Gasteiger partial charge on any atom is -0.389 e. The minimum atomic E-state index is -0.562. The Labute approximate surface area is 114 Å². The van der Waals surface area contributed by atoms with E-state index in [9.17, 15) is 4.79 Å². The third-order valence-corrected chi connectivity index (χ3v) is 3.78. The van der Waals surface area contributed by atoms with E-state index >= 15 is 0 Å². The number of nitrogens with two attached hydrogens (primary N) is 1. The first kappa shape index (κ1) is 12.1. The van der Waals surface area contributed by atoms with Crippen molar-refractivity contribution in [1.29, 1.82) is 0 Å². The van der Waals surface area contributed by atoms with Crippen LogP contribution in [0.5, 0.6) is 0 Å². The van der Waals surface area contributed by atoms with E-state index in [-0.39, 0.29) is 5.91 Å². The maximum absolute atomic E-state index is 12.1. The van der Waals surface area contributed by atoms with Gasteiger partial charge in [0, 0.05) is 24.7 Å². The van der Waals surface area contributed by atoms with Crippen molar-refractivity contribution >= 4 is 29.3 Å². The smallest absolute Gasteiger partial charge is 0.264 e. The van der Waals surface area contributed by atoms with Gasteiger partial charge in [-0.1, -0.05) is 0 Å². The average molecular weight is 278 g/mol. The number of nitrogens with one attached hydrogen (secondary N) is 4. The molecule has 0 saturated carbocycles. The van der Waals surface area contributed by atoms with Crippen molar-refractivity contribution in [2.24, 2.45) is 10.7 Å². The number of thioether (sulfide) groups is 1. The monoisotopic (exact) mass is 278 g/mol. The first-order valence-electron chi connectivity index (χ1n) is 5.89. The van der Waals surface area contributed by atoms with Gasteiger partial charge in [0.05, 0.1) is 10.5 Å². The Morgan fingerprint density at radius 1 is 1.58 bits per heavy atom. The summed E-state index contributed by atoms with van der Waals surface area (Å²) in [4.78, 5) is 20.0. The number of fused-ring (bicyclic) bond motifs is 1. The van der Waals surface area contributed by atoms with Crippen LogP contribution in [0.3, 0.4) is 0 Å².